The molecule has 21 heavy (non-hydrogen) atoms. The Labute approximate surface area is 125 Å². The zero-order valence-corrected chi connectivity index (χ0v) is 12.2. The number of aromatic carboxylic acids is 1. The van der Waals surface area contributed by atoms with Crippen molar-refractivity contribution in [2.45, 2.75) is 6.92 Å². The van der Waals surface area contributed by atoms with E-state index in [1.165, 1.54) is 6.07 Å². The molecule has 5 nitrogen and oxygen atoms in total. The molecule has 0 fully saturated rings. The average molecular weight is 301 g/mol. The highest BCUT2D eigenvalue weighted by atomic mass is 35.5. The van der Waals surface area contributed by atoms with E-state index >= 15 is 0 Å². The van der Waals surface area contributed by atoms with Gasteiger partial charge in [0.1, 0.15) is 0 Å². The first-order chi connectivity index (χ1) is 9.97. The van der Waals surface area contributed by atoms with E-state index in [0.29, 0.717) is 27.4 Å². The minimum atomic E-state index is -1.24. The summed E-state index contributed by atoms with van der Waals surface area (Å²) in [5.74, 6) is -1.24. The van der Waals surface area contributed by atoms with Crippen molar-refractivity contribution in [2.75, 3.05) is 0 Å². The lowest BCUT2D eigenvalue weighted by atomic mass is 10.1. The minimum absolute atomic E-state index is 0.0931. The number of halogens is 1. The van der Waals surface area contributed by atoms with Crippen LogP contribution in [-0.2, 0) is 7.05 Å². The fourth-order valence-corrected chi connectivity index (χ4v) is 2.50. The fourth-order valence-electron chi connectivity index (χ4n) is 2.37. The Morgan fingerprint density at radius 2 is 1.95 bits per heavy atom. The second kappa shape index (κ2) is 4.86. The molecule has 0 atom stereocenters. The number of fused-ring (bicyclic) bond motifs is 1. The summed E-state index contributed by atoms with van der Waals surface area (Å²) in [6.45, 7) is 1.75. The Bertz CT molecular complexity index is 853. The smallest absolute Gasteiger partial charge is 0.159 e. The molecule has 0 saturated heterocycles. The van der Waals surface area contributed by atoms with Crippen molar-refractivity contribution in [2.24, 2.45) is 7.05 Å². The number of hydrogen-bond donors (Lipinski definition) is 0. The van der Waals surface area contributed by atoms with Gasteiger partial charge in [-0.2, -0.15) is 5.10 Å². The van der Waals surface area contributed by atoms with E-state index in [1.807, 2.05) is 0 Å². The summed E-state index contributed by atoms with van der Waals surface area (Å²) in [4.78, 5) is 15.9. The molecule has 0 spiro atoms. The maximum Gasteiger partial charge on any atom is 0.159 e. The van der Waals surface area contributed by atoms with Gasteiger partial charge in [-0.1, -0.05) is 23.7 Å². The molecule has 0 radical (unpaired) electrons. The van der Waals surface area contributed by atoms with Gasteiger partial charge >= 0.3 is 0 Å². The monoisotopic (exact) mass is 300 g/mol. The van der Waals surface area contributed by atoms with E-state index in [4.69, 9.17) is 11.6 Å². The molecule has 0 aliphatic rings. The van der Waals surface area contributed by atoms with Gasteiger partial charge in [0.2, 0.25) is 0 Å². The van der Waals surface area contributed by atoms with Gasteiger partial charge in [0.25, 0.3) is 0 Å². The van der Waals surface area contributed by atoms with Crippen LogP contribution in [0.1, 0.15) is 16.1 Å². The van der Waals surface area contributed by atoms with Gasteiger partial charge in [0, 0.05) is 23.2 Å². The van der Waals surface area contributed by atoms with Crippen LogP contribution in [0.4, 0.5) is 0 Å². The van der Waals surface area contributed by atoms with Crippen LogP contribution in [0.15, 0.2) is 30.3 Å². The summed E-state index contributed by atoms with van der Waals surface area (Å²) in [5, 5.41) is 16.8. The zero-order valence-electron chi connectivity index (χ0n) is 11.4. The van der Waals surface area contributed by atoms with Crippen molar-refractivity contribution < 1.29 is 9.90 Å². The van der Waals surface area contributed by atoms with Crippen LogP contribution in [0, 0.1) is 6.92 Å². The Balaban J connectivity index is 2.32. The summed E-state index contributed by atoms with van der Waals surface area (Å²) in [7, 11) is 1.73. The Kier molecular flexibility index (Phi) is 3.14. The minimum Gasteiger partial charge on any atom is -0.545 e. The van der Waals surface area contributed by atoms with Crippen LogP contribution in [-0.4, -0.2) is 20.7 Å². The van der Waals surface area contributed by atoms with Gasteiger partial charge in [-0.05, 0) is 25.1 Å². The molecule has 3 rings (SSSR count). The molecule has 106 valence electrons. The molecule has 0 aliphatic heterocycles. The van der Waals surface area contributed by atoms with E-state index < -0.39 is 5.97 Å². The summed E-state index contributed by atoms with van der Waals surface area (Å²) < 4.78 is 1.57. The Morgan fingerprint density at radius 3 is 2.57 bits per heavy atom. The number of carbonyl (C=O) groups excluding carboxylic acids is 1. The number of aromatic nitrogens is 3. The molecule has 0 unspecified atom stereocenters. The maximum absolute atomic E-state index is 11.4. The first-order valence-electron chi connectivity index (χ1n) is 6.29. The largest absolute Gasteiger partial charge is 0.545 e. The second-order valence-corrected chi connectivity index (χ2v) is 5.19. The third-order valence-corrected chi connectivity index (χ3v) is 3.58. The fraction of sp³-hybridized carbons (Fsp3) is 0.133. The van der Waals surface area contributed by atoms with Gasteiger partial charge in [0.05, 0.1) is 22.7 Å². The van der Waals surface area contributed by atoms with Gasteiger partial charge in [-0.3, -0.25) is 4.68 Å². The van der Waals surface area contributed by atoms with Crippen LogP contribution >= 0.6 is 11.6 Å². The van der Waals surface area contributed by atoms with Crippen LogP contribution in [0.5, 0.6) is 0 Å². The molecule has 0 N–H and O–H groups in total. The van der Waals surface area contributed by atoms with Gasteiger partial charge < -0.3 is 9.90 Å². The number of benzene rings is 1. The molecule has 3 aromatic rings. The van der Waals surface area contributed by atoms with Gasteiger partial charge in [-0.25, -0.2) is 4.98 Å². The predicted octanol–water partition coefficient (Wildman–Crippen LogP) is 1.96. The normalized spacial score (nSPS) is 11.0. The first kappa shape index (κ1) is 13.6. The van der Waals surface area contributed by atoms with Crippen molar-refractivity contribution in [1.82, 2.24) is 14.8 Å². The van der Waals surface area contributed by atoms with Crippen molar-refractivity contribution in [3.63, 3.8) is 0 Å². The highest BCUT2D eigenvalue weighted by molar-refractivity contribution is 6.30. The molecule has 6 heteroatoms. The third-order valence-electron chi connectivity index (χ3n) is 3.33. The van der Waals surface area contributed by atoms with E-state index in [9.17, 15) is 9.90 Å². The lowest BCUT2D eigenvalue weighted by Gasteiger charge is -2.09. The number of pyridine rings is 1. The predicted molar refractivity (Wildman–Crippen MR) is 78.0 cm³/mol. The van der Waals surface area contributed by atoms with E-state index in [-0.39, 0.29) is 5.56 Å². The van der Waals surface area contributed by atoms with Crippen molar-refractivity contribution >= 4 is 28.6 Å². The van der Waals surface area contributed by atoms with Crippen LogP contribution < -0.4 is 5.11 Å². The summed E-state index contributed by atoms with van der Waals surface area (Å²) in [5.41, 5.74) is 2.54. The van der Waals surface area contributed by atoms with Crippen LogP contribution in [0.2, 0.25) is 5.02 Å². The van der Waals surface area contributed by atoms with Crippen LogP contribution in [0.3, 0.4) is 0 Å². The Hall–Kier alpha value is -2.40. The molecular weight excluding hydrogens is 290 g/mol. The highest BCUT2D eigenvalue weighted by Gasteiger charge is 2.14. The Morgan fingerprint density at radius 1 is 1.29 bits per heavy atom. The topological polar surface area (TPSA) is 70.8 Å². The van der Waals surface area contributed by atoms with Gasteiger partial charge in [0.15, 0.2) is 5.65 Å². The number of nitrogens with zero attached hydrogens (tertiary/aromatic N) is 3. The molecule has 0 saturated carbocycles. The maximum atomic E-state index is 11.4. The van der Waals surface area contributed by atoms with Crippen molar-refractivity contribution in [3.05, 3.63) is 46.6 Å². The van der Waals surface area contributed by atoms with Crippen molar-refractivity contribution in [1.29, 1.82) is 0 Å². The molecule has 2 aromatic heterocycles. The molecule has 0 bridgehead atoms. The lowest BCUT2D eigenvalue weighted by molar-refractivity contribution is -0.254. The quantitative estimate of drug-likeness (QED) is 0.725. The average Bonchev–Trinajstić information content (AvgIpc) is 2.74. The van der Waals surface area contributed by atoms with Gasteiger partial charge in [-0.15, -0.1) is 0 Å². The van der Waals surface area contributed by atoms with E-state index in [1.54, 1.807) is 42.9 Å². The summed E-state index contributed by atoms with van der Waals surface area (Å²) in [6.07, 6.45) is 0. The van der Waals surface area contributed by atoms with Crippen molar-refractivity contribution in [3.8, 4) is 11.3 Å². The number of carbonyl (C=O) groups is 1. The number of rotatable bonds is 2. The zero-order chi connectivity index (χ0) is 15.1. The second-order valence-electron chi connectivity index (χ2n) is 4.76. The molecule has 0 aliphatic carbocycles. The third kappa shape index (κ3) is 2.25. The number of aryl methyl sites for hydroxylation is 2. The lowest BCUT2D eigenvalue weighted by Crippen LogP contribution is -2.23. The first-order valence-corrected chi connectivity index (χ1v) is 6.67. The van der Waals surface area contributed by atoms with E-state index in [0.717, 1.165) is 5.56 Å². The van der Waals surface area contributed by atoms with E-state index in [2.05, 4.69) is 10.1 Å². The standard InChI is InChI=1S/C15H12ClN3O2/c1-8-13-11(15(20)21)7-12(17-14(13)19(2)18-8)9-3-5-10(16)6-4-9/h3-7H,1-2H3,(H,20,21)/p-1. The van der Waals surface area contributed by atoms with Crippen LogP contribution in [0.25, 0.3) is 22.3 Å². The molecule has 2 heterocycles. The highest BCUT2D eigenvalue weighted by Crippen LogP contribution is 2.27. The number of hydrogen-bond acceptors (Lipinski definition) is 4. The molecule has 1 aromatic carbocycles. The molecule has 0 amide bonds. The number of carboxylic acid groups (broad SMARTS) is 1. The molecular formula is C15H11ClN3O2-. The SMILES string of the molecule is Cc1nn(C)c2nc(-c3ccc(Cl)cc3)cc(C(=O)[O-])c12. The summed E-state index contributed by atoms with van der Waals surface area (Å²) >= 11 is 5.87. The summed E-state index contributed by atoms with van der Waals surface area (Å²) in [6, 6.07) is 8.55. The number of carboxylic acids is 1.